The lowest BCUT2D eigenvalue weighted by Gasteiger charge is -2.16. The number of hydrogen-bond donors (Lipinski definition) is 1. The summed E-state index contributed by atoms with van der Waals surface area (Å²) in [6.45, 7) is 2.15. The molecule has 0 radical (unpaired) electrons. The Labute approximate surface area is 183 Å². The third kappa shape index (κ3) is 3.11. The van der Waals surface area contributed by atoms with Gasteiger partial charge in [0.15, 0.2) is 5.75 Å². The zero-order valence-corrected chi connectivity index (χ0v) is 17.6. The summed E-state index contributed by atoms with van der Waals surface area (Å²) in [5.41, 5.74) is 3.70. The lowest BCUT2D eigenvalue weighted by Crippen LogP contribution is -2.17. The van der Waals surface area contributed by atoms with E-state index in [2.05, 4.69) is 4.98 Å². The topological polar surface area (TPSA) is 53.4 Å². The van der Waals surface area contributed by atoms with Crippen LogP contribution in [0.5, 0.6) is 5.75 Å². The zero-order valence-electron chi connectivity index (χ0n) is 17.6. The number of pyridine rings is 1. The number of carbonyl (C=O) groups is 1. The van der Waals surface area contributed by atoms with Crippen molar-refractivity contribution in [2.45, 2.75) is 19.9 Å². The number of phenolic OH excluding ortho intramolecular Hbond substituents is 1. The molecule has 0 fully saturated rings. The summed E-state index contributed by atoms with van der Waals surface area (Å²) >= 11 is 0. The highest BCUT2D eigenvalue weighted by Crippen LogP contribution is 2.45. The van der Waals surface area contributed by atoms with Crippen LogP contribution < -0.4 is 0 Å². The molecule has 3 aromatic carbocycles. The number of hydrogen-bond acceptors (Lipinski definition) is 3. The molecule has 5 rings (SSSR count). The van der Waals surface area contributed by atoms with E-state index >= 15 is 0 Å². The molecule has 0 saturated heterocycles. The Hall–Kier alpha value is -3.80. The Kier molecular flexibility index (Phi) is 4.66. The Morgan fingerprint density at radius 3 is 2.38 bits per heavy atom. The summed E-state index contributed by atoms with van der Waals surface area (Å²) in [7, 11) is 1.59. The standard InChI is InChI=1S/C26H20F2N2O2/c1-14-6-8-15(9-7-14)10-16-11-17-21(23-19(27)4-3-5-20(23)28)18-13-30(2)26(32)22(18)25(31)24(17)29-12-16/h3-9,11-12,31H,10,13H2,1-2H3. The van der Waals surface area contributed by atoms with Crippen LogP contribution in [0, 0.1) is 18.6 Å². The first-order chi connectivity index (χ1) is 15.3. The van der Waals surface area contributed by atoms with Gasteiger partial charge in [0.2, 0.25) is 0 Å². The van der Waals surface area contributed by atoms with Crippen LogP contribution in [0.15, 0.2) is 54.7 Å². The van der Waals surface area contributed by atoms with E-state index in [4.69, 9.17) is 0 Å². The van der Waals surface area contributed by atoms with Crippen LogP contribution in [-0.4, -0.2) is 27.9 Å². The Morgan fingerprint density at radius 1 is 1.00 bits per heavy atom. The molecule has 0 spiro atoms. The largest absolute Gasteiger partial charge is 0.505 e. The summed E-state index contributed by atoms with van der Waals surface area (Å²) in [6.07, 6.45) is 2.19. The molecular formula is C26H20F2N2O2. The minimum atomic E-state index is -0.731. The van der Waals surface area contributed by atoms with E-state index in [1.54, 1.807) is 19.3 Å². The summed E-state index contributed by atoms with van der Waals surface area (Å²) < 4.78 is 29.8. The summed E-state index contributed by atoms with van der Waals surface area (Å²) in [4.78, 5) is 18.5. The van der Waals surface area contributed by atoms with E-state index in [9.17, 15) is 18.7 Å². The number of aryl methyl sites for hydroxylation is 1. The molecular weight excluding hydrogens is 410 g/mol. The third-order valence-corrected chi connectivity index (χ3v) is 5.98. The van der Waals surface area contributed by atoms with Gasteiger partial charge in [0.05, 0.1) is 11.1 Å². The average Bonchev–Trinajstić information content (AvgIpc) is 3.06. The minimum absolute atomic E-state index is 0.0523. The van der Waals surface area contributed by atoms with Crippen LogP contribution in [0.4, 0.5) is 8.78 Å². The average molecular weight is 430 g/mol. The molecule has 4 aromatic rings. The van der Waals surface area contributed by atoms with Gasteiger partial charge >= 0.3 is 0 Å². The number of phenols is 1. The van der Waals surface area contributed by atoms with Gasteiger partial charge in [-0.05, 0) is 48.2 Å². The number of fused-ring (bicyclic) bond motifs is 2. The van der Waals surface area contributed by atoms with E-state index < -0.39 is 17.5 Å². The predicted molar refractivity (Wildman–Crippen MR) is 119 cm³/mol. The van der Waals surface area contributed by atoms with Gasteiger partial charge < -0.3 is 10.0 Å². The van der Waals surface area contributed by atoms with Crippen molar-refractivity contribution in [2.75, 3.05) is 7.05 Å². The van der Waals surface area contributed by atoms with Crippen LogP contribution in [0.3, 0.4) is 0 Å². The van der Waals surface area contributed by atoms with E-state index in [0.29, 0.717) is 17.4 Å². The number of benzene rings is 3. The van der Waals surface area contributed by atoms with Crippen LogP contribution in [0.1, 0.15) is 32.6 Å². The van der Waals surface area contributed by atoms with Crippen molar-refractivity contribution in [3.8, 4) is 16.9 Å². The van der Waals surface area contributed by atoms with Crippen molar-refractivity contribution in [1.29, 1.82) is 0 Å². The maximum atomic E-state index is 14.9. The lowest BCUT2D eigenvalue weighted by atomic mass is 9.90. The summed E-state index contributed by atoms with van der Waals surface area (Å²) in [6, 6.07) is 13.5. The molecule has 0 aliphatic carbocycles. The first-order valence-electron chi connectivity index (χ1n) is 10.3. The van der Waals surface area contributed by atoms with Crippen molar-refractivity contribution in [1.82, 2.24) is 9.88 Å². The van der Waals surface area contributed by atoms with Gasteiger partial charge in [-0.15, -0.1) is 0 Å². The van der Waals surface area contributed by atoms with Crippen molar-refractivity contribution >= 4 is 16.8 Å². The first kappa shape index (κ1) is 20.1. The molecule has 0 bridgehead atoms. The van der Waals surface area contributed by atoms with E-state index in [-0.39, 0.29) is 34.5 Å². The molecule has 0 atom stereocenters. The molecule has 0 saturated carbocycles. The number of nitrogens with zero attached hydrogens (tertiary/aromatic N) is 2. The van der Waals surface area contributed by atoms with E-state index in [1.807, 2.05) is 31.2 Å². The van der Waals surface area contributed by atoms with E-state index in [0.717, 1.165) is 16.7 Å². The fourth-order valence-corrected chi connectivity index (χ4v) is 4.39. The molecule has 4 nitrogen and oxygen atoms in total. The highest BCUT2D eigenvalue weighted by molar-refractivity contribution is 6.12. The van der Waals surface area contributed by atoms with Crippen molar-refractivity contribution in [2.24, 2.45) is 0 Å². The Balaban J connectivity index is 1.80. The highest BCUT2D eigenvalue weighted by atomic mass is 19.1. The number of amides is 1. The SMILES string of the molecule is Cc1ccc(Cc2cnc3c(O)c4c(c(-c5c(F)cccc5F)c3c2)CN(C)C4=O)cc1. The van der Waals surface area contributed by atoms with Crippen molar-refractivity contribution < 1.29 is 18.7 Å². The first-order valence-corrected chi connectivity index (χ1v) is 10.3. The third-order valence-electron chi connectivity index (χ3n) is 5.98. The molecule has 6 heteroatoms. The van der Waals surface area contributed by atoms with E-state index in [1.165, 1.54) is 23.1 Å². The van der Waals surface area contributed by atoms with Gasteiger partial charge in [-0.3, -0.25) is 9.78 Å². The summed E-state index contributed by atoms with van der Waals surface area (Å²) in [5, 5.41) is 11.3. The maximum absolute atomic E-state index is 14.9. The Morgan fingerprint density at radius 2 is 1.69 bits per heavy atom. The van der Waals surface area contributed by atoms with Gasteiger partial charge in [0.25, 0.3) is 5.91 Å². The molecule has 0 unspecified atom stereocenters. The van der Waals surface area contributed by atoms with Crippen molar-refractivity contribution in [3.63, 3.8) is 0 Å². The fraction of sp³-hybridized carbons (Fsp3) is 0.154. The minimum Gasteiger partial charge on any atom is -0.505 e. The quantitative estimate of drug-likeness (QED) is 0.475. The normalized spacial score (nSPS) is 13.1. The van der Waals surface area contributed by atoms with Gasteiger partial charge in [-0.2, -0.15) is 0 Å². The van der Waals surface area contributed by atoms with Gasteiger partial charge in [-0.25, -0.2) is 8.78 Å². The fourth-order valence-electron chi connectivity index (χ4n) is 4.39. The molecule has 32 heavy (non-hydrogen) atoms. The second-order valence-electron chi connectivity index (χ2n) is 8.24. The summed E-state index contributed by atoms with van der Waals surface area (Å²) in [5.74, 6) is -2.12. The van der Waals surface area contributed by atoms with Gasteiger partial charge in [0, 0.05) is 30.7 Å². The predicted octanol–water partition coefficient (Wildman–Crippen LogP) is 5.37. The second kappa shape index (κ2) is 7.41. The van der Waals surface area contributed by atoms with Crippen LogP contribution >= 0.6 is 0 Å². The van der Waals surface area contributed by atoms with Gasteiger partial charge in [0.1, 0.15) is 17.2 Å². The monoisotopic (exact) mass is 430 g/mol. The van der Waals surface area contributed by atoms with Crippen LogP contribution in [0.2, 0.25) is 0 Å². The maximum Gasteiger partial charge on any atom is 0.258 e. The Bertz CT molecular complexity index is 1380. The number of carbonyl (C=O) groups excluding carboxylic acids is 1. The van der Waals surface area contributed by atoms with Crippen molar-refractivity contribution in [3.05, 3.63) is 94.2 Å². The molecule has 1 amide bonds. The molecule has 1 N–H and O–H groups in total. The molecule has 1 aliphatic rings. The molecule has 1 aromatic heterocycles. The van der Waals surface area contributed by atoms with Crippen LogP contribution in [0.25, 0.3) is 22.0 Å². The number of rotatable bonds is 3. The van der Waals surface area contributed by atoms with Crippen LogP contribution in [-0.2, 0) is 13.0 Å². The molecule has 2 heterocycles. The molecule has 1 aliphatic heterocycles. The molecule has 160 valence electrons. The zero-order chi connectivity index (χ0) is 22.6. The lowest BCUT2D eigenvalue weighted by molar-refractivity contribution is 0.0814. The number of halogens is 2. The number of aromatic nitrogens is 1. The smallest absolute Gasteiger partial charge is 0.258 e. The highest BCUT2D eigenvalue weighted by Gasteiger charge is 2.34. The van der Waals surface area contributed by atoms with Gasteiger partial charge in [-0.1, -0.05) is 35.9 Å². The second-order valence-corrected chi connectivity index (χ2v) is 8.24. The number of aromatic hydroxyl groups is 1.